The topological polar surface area (TPSA) is 57.2 Å². The molecule has 8 heteroatoms. The summed E-state index contributed by atoms with van der Waals surface area (Å²) in [5.41, 5.74) is -2.82. The molecule has 0 heterocycles. The van der Waals surface area contributed by atoms with Crippen LogP contribution in [0.25, 0.3) is 0 Å². The average molecular weight is 341 g/mol. The molecule has 0 N–H and O–H groups in total. The molecule has 0 aliphatic carbocycles. The highest BCUT2D eigenvalue weighted by Gasteiger charge is 2.36. The van der Waals surface area contributed by atoms with Crippen molar-refractivity contribution in [1.82, 2.24) is 4.48 Å². The molecule has 1 aromatic rings. The van der Waals surface area contributed by atoms with Crippen molar-refractivity contribution in [3.8, 4) is 0 Å². The number of alkyl halides is 3. The van der Waals surface area contributed by atoms with Crippen molar-refractivity contribution in [2.75, 3.05) is 21.1 Å². The van der Waals surface area contributed by atoms with Gasteiger partial charge in [-0.1, -0.05) is 25.5 Å². The maximum absolute atomic E-state index is 10.7. The highest BCUT2D eigenvalue weighted by Crippen LogP contribution is 2.20. The van der Waals surface area contributed by atoms with Gasteiger partial charge >= 0.3 is 5.51 Å². The van der Waals surface area contributed by atoms with Crippen LogP contribution in [0.1, 0.15) is 25.3 Å². The van der Waals surface area contributed by atoms with Crippen molar-refractivity contribution in [3.05, 3.63) is 29.8 Å². The number of benzene rings is 1. The van der Waals surface area contributed by atoms with E-state index in [4.69, 9.17) is 13.0 Å². The minimum Gasteiger partial charge on any atom is -0.741 e. The Balaban J connectivity index is 0.000000472. The molecule has 0 bridgehead atoms. The van der Waals surface area contributed by atoms with E-state index in [1.165, 1.54) is 30.5 Å². The zero-order valence-corrected chi connectivity index (χ0v) is 14.0. The normalized spacial score (nSPS) is 12.5. The quantitative estimate of drug-likeness (QED) is 0.480. The predicted molar refractivity (Wildman–Crippen MR) is 80.4 cm³/mol. The molecule has 22 heavy (non-hydrogen) atoms. The molecule has 0 aromatic heterocycles. The van der Waals surface area contributed by atoms with Gasteiger partial charge in [-0.2, -0.15) is 13.2 Å². The number of hydrogen-bond acceptors (Lipinski definition) is 3. The van der Waals surface area contributed by atoms with Crippen molar-refractivity contribution in [2.24, 2.45) is 0 Å². The van der Waals surface area contributed by atoms with E-state index in [0.717, 1.165) is 4.48 Å². The molecule has 0 aliphatic rings. The molecule has 0 aliphatic heterocycles. The third kappa shape index (κ3) is 7.77. The Kier molecular flexibility index (Phi) is 7.53. The van der Waals surface area contributed by atoms with E-state index >= 15 is 0 Å². The minimum atomic E-state index is -6.09. The van der Waals surface area contributed by atoms with Gasteiger partial charge in [0.05, 0.1) is 21.1 Å². The summed E-state index contributed by atoms with van der Waals surface area (Å²) in [4.78, 5) is 0. The molecule has 0 radical (unpaired) electrons. The first kappa shape index (κ1) is 20.9. The fraction of sp³-hybridized carbons (Fsp3) is 0.571. The lowest BCUT2D eigenvalue weighted by atomic mass is 10.1. The lowest BCUT2D eigenvalue weighted by Gasteiger charge is -2.23. The summed E-state index contributed by atoms with van der Waals surface area (Å²) < 4.78 is 59.8. The lowest BCUT2D eigenvalue weighted by molar-refractivity contribution is -0.0517. The first-order valence-electron chi connectivity index (χ1n) is 6.72. The monoisotopic (exact) mass is 341 g/mol. The zero-order valence-electron chi connectivity index (χ0n) is 13.1. The van der Waals surface area contributed by atoms with Crippen molar-refractivity contribution >= 4 is 15.8 Å². The number of nitrogens with zero attached hydrogens (tertiary/aromatic N) is 1. The number of aryl methyl sites for hydroxylation is 1. The highest BCUT2D eigenvalue weighted by molar-refractivity contribution is 7.86. The van der Waals surface area contributed by atoms with E-state index in [1.54, 1.807) is 0 Å². The van der Waals surface area contributed by atoms with Crippen LogP contribution in [0.15, 0.2) is 24.3 Å². The van der Waals surface area contributed by atoms with E-state index in [-0.39, 0.29) is 0 Å². The van der Waals surface area contributed by atoms with Crippen LogP contribution in [-0.4, -0.2) is 39.6 Å². The second-order valence-electron chi connectivity index (χ2n) is 5.68. The highest BCUT2D eigenvalue weighted by atomic mass is 32.2. The molecule has 128 valence electrons. The molecular formula is C14H22F3NO3S. The van der Waals surface area contributed by atoms with Crippen LogP contribution in [0, 0.1) is 0 Å². The molecule has 0 saturated heterocycles. The summed E-state index contributed by atoms with van der Waals surface area (Å²) >= 11 is 0. The number of halogens is 3. The average Bonchev–Trinajstić information content (AvgIpc) is 2.34. The SMILES string of the molecule is CCCCc1ccc([N+](C)(C)C)cc1.O=S(=O)([O-])C(F)(F)F. The fourth-order valence-corrected chi connectivity index (χ4v) is 1.49. The number of hydrogen-bond donors (Lipinski definition) is 0. The van der Waals surface area contributed by atoms with E-state index in [9.17, 15) is 13.2 Å². The maximum Gasteiger partial charge on any atom is 0.485 e. The molecule has 1 aromatic carbocycles. The lowest BCUT2D eigenvalue weighted by Crippen LogP contribution is -2.34. The first-order chi connectivity index (χ1) is 9.79. The molecule has 1 rings (SSSR count). The fourth-order valence-electron chi connectivity index (χ4n) is 1.49. The summed E-state index contributed by atoms with van der Waals surface area (Å²) in [5.74, 6) is 0. The number of quaternary nitrogens is 1. The summed E-state index contributed by atoms with van der Waals surface area (Å²) in [6, 6.07) is 9.00. The standard InChI is InChI=1S/C13H22N.CHF3O3S/c1-5-6-7-12-8-10-13(11-9-12)14(2,3)4;2-1(3,4)8(5,6)7/h8-11H,5-7H2,1-4H3;(H,5,6,7)/q+1;/p-1. The van der Waals surface area contributed by atoms with Crippen molar-refractivity contribution < 1.29 is 26.1 Å². The third-order valence-electron chi connectivity index (χ3n) is 2.81. The van der Waals surface area contributed by atoms with Crippen LogP contribution in [0.4, 0.5) is 18.9 Å². The van der Waals surface area contributed by atoms with Gasteiger partial charge in [0.15, 0.2) is 10.1 Å². The Morgan fingerprint density at radius 2 is 1.50 bits per heavy atom. The molecule has 0 unspecified atom stereocenters. The smallest absolute Gasteiger partial charge is 0.485 e. The summed E-state index contributed by atoms with van der Waals surface area (Å²) in [5, 5.41) is 0. The van der Waals surface area contributed by atoms with Crippen LogP contribution in [0.5, 0.6) is 0 Å². The van der Waals surface area contributed by atoms with Gasteiger partial charge in [-0.25, -0.2) is 8.42 Å². The molecule has 0 atom stereocenters. The molecule has 0 amide bonds. The van der Waals surface area contributed by atoms with Gasteiger partial charge in [0.1, 0.15) is 5.69 Å². The number of rotatable bonds is 4. The Hall–Kier alpha value is -1.12. The van der Waals surface area contributed by atoms with Crippen LogP contribution in [0.3, 0.4) is 0 Å². The molecule has 0 fully saturated rings. The van der Waals surface area contributed by atoms with Crippen LogP contribution in [0.2, 0.25) is 0 Å². The van der Waals surface area contributed by atoms with E-state index < -0.39 is 15.6 Å². The molecule has 0 spiro atoms. The molecule has 0 saturated carbocycles. The van der Waals surface area contributed by atoms with Crippen molar-refractivity contribution in [1.29, 1.82) is 0 Å². The Morgan fingerprint density at radius 3 is 1.77 bits per heavy atom. The second-order valence-corrected chi connectivity index (χ2v) is 7.05. The Morgan fingerprint density at radius 1 is 1.09 bits per heavy atom. The van der Waals surface area contributed by atoms with Gasteiger partial charge in [0, 0.05) is 0 Å². The van der Waals surface area contributed by atoms with E-state index in [2.05, 4.69) is 52.3 Å². The van der Waals surface area contributed by atoms with Crippen LogP contribution >= 0.6 is 0 Å². The van der Waals surface area contributed by atoms with Crippen molar-refractivity contribution in [2.45, 2.75) is 31.7 Å². The first-order valence-corrected chi connectivity index (χ1v) is 8.13. The number of unbranched alkanes of at least 4 members (excludes halogenated alkanes) is 1. The Bertz CT molecular complexity index is 546. The third-order valence-corrected chi connectivity index (χ3v) is 3.38. The van der Waals surface area contributed by atoms with Gasteiger partial charge in [-0.3, -0.25) is 4.48 Å². The predicted octanol–water partition coefficient (Wildman–Crippen LogP) is 3.28. The Labute approximate surface area is 129 Å². The van der Waals surface area contributed by atoms with Gasteiger partial charge in [-0.05, 0) is 30.5 Å². The van der Waals surface area contributed by atoms with Crippen LogP contribution < -0.4 is 4.48 Å². The summed E-state index contributed by atoms with van der Waals surface area (Å²) in [6.45, 7) is 2.24. The molecular weight excluding hydrogens is 319 g/mol. The van der Waals surface area contributed by atoms with Crippen molar-refractivity contribution in [3.63, 3.8) is 0 Å². The zero-order chi connectivity index (χ0) is 17.6. The summed E-state index contributed by atoms with van der Waals surface area (Å²) in [7, 11) is 0.496. The largest absolute Gasteiger partial charge is 0.741 e. The molecule has 4 nitrogen and oxygen atoms in total. The summed E-state index contributed by atoms with van der Waals surface area (Å²) in [6.07, 6.45) is 3.79. The maximum atomic E-state index is 10.7. The van der Waals surface area contributed by atoms with Gasteiger partial charge < -0.3 is 4.55 Å². The van der Waals surface area contributed by atoms with E-state index in [0.29, 0.717) is 0 Å². The van der Waals surface area contributed by atoms with Gasteiger partial charge in [-0.15, -0.1) is 0 Å². The van der Waals surface area contributed by atoms with Crippen LogP contribution in [-0.2, 0) is 16.5 Å². The van der Waals surface area contributed by atoms with Gasteiger partial charge in [0.2, 0.25) is 0 Å². The minimum absolute atomic E-state index is 0.897. The van der Waals surface area contributed by atoms with Gasteiger partial charge in [0.25, 0.3) is 0 Å². The second kappa shape index (κ2) is 7.94. The van der Waals surface area contributed by atoms with E-state index in [1.807, 2.05) is 0 Å².